The summed E-state index contributed by atoms with van der Waals surface area (Å²) >= 11 is 0. The van der Waals surface area contributed by atoms with Crippen molar-refractivity contribution in [1.82, 2.24) is 14.8 Å². The fourth-order valence-electron chi connectivity index (χ4n) is 5.22. The highest BCUT2D eigenvalue weighted by Crippen LogP contribution is 2.35. The normalized spacial score (nSPS) is 21.2. The van der Waals surface area contributed by atoms with Crippen molar-refractivity contribution in [2.24, 2.45) is 0 Å². The number of rotatable bonds is 5. The van der Waals surface area contributed by atoms with E-state index < -0.39 is 5.54 Å². The van der Waals surface area contributed by atoms with E-state index in [1.165, 1.54) is 23.8 Å². The topological polar surface area (TPSA) is 67.5 Å². The molecule has 0 saturated heterocycles. The van der Waals surface area contributed by atoms with Gasteiger partial charge in [-0.2, -0.15) is 0 Å². The zero-order valence-corrected chi connectivity index (χ0v) is 19.4. The van der Waals surface area contributed by atoms with Crippen LogP contribution in [0.4, 0.5) is 4.39 Å². The van der Waals surface area contributed by atoms with Gasteiger partial charge in [-0.1, -0.05) is 43.9 Å². The fraction of sp³-hybridized carbons (Fsp3) is 0.407. The maximum Gasteiger partial charge on any atom is 0.271 e. The molecule has 6 nitrogen and oxygen atoms in total. The van der Waals surface area contributed by atoms with Gasteiger partial charge in [-0.05, 0) is 50.1 Å². The molecule has 1 aromatic carbocycles. The molecule has 0 bridgehead atoms. The SMILES string of the molecule is C[C@]1(C(=O)NC2CCCCCC2)Cn2c(ccc2-c2ccco2)C(=O)N1Cc1ccccc1F. The summed E-state index contributed by atoms with van der Waals surface area (Å²) in [5, 5.41) is 3.23. The second-order valence-electron chi connectivity index (χ2n) is 9.59. The zero-order valence-electron chi connectivity index (χ0n) is 19.4. The van der Waals surface area contributed by atoms with E-state index in [1.54, 1.807) is 43.5 Å². The van der Waals surface area contributed by atoms with E-state index in [2.05, 4.69) is 5.32 Å². The number of halogens is 1. The van der Waals surface area contributed by atoms with Crippen LogP contribution in [0.5, 0.6) is 0 Å². The van der Waals surface area contributed by atoms with Crippen LogP contribution in [0.25, 0.3) is 11.5 Å². The molecule has 1 aliphatic heterocycles. The number of nitrogens with zero attached hydrogens (tertiary/aromatic N) is 2. The molecule has 34 heavy (non-hydrogen) atoms. The van der Waals surface area contributed by atoms with Crippen molar-refractivity contribution in [2.75, 3.05) is 0 Å². The highest BCUT2D eigenvalue weighted by Gasteiger charge is 2.48. The van der Waals surface area contributed by atoms with Gasteiger partial charge in [-0.15, -0.1) is 0 Å². The quantitative estimate of drug-likeness (QED) is 0.533. The first-order valence-electron chi connectivity index (χ1n) is 12.1. The molecule has 0 radical (unpaired) electrons. The number of amides is 2. The Labute approximate surface area is 198 Å². The predicted molar refractivity (Wildman–Crippen MR) is 126 cm³/mol. The molecule has 1 N–H and O–H groups in total. The minimum Gasteiger partial charge on any atom is -0.463 e. The zero-order chi connectivity index (χ0) is 23.7. The van der Waals surface area contributed by atoms with E-state index in [1.807, 2.05) is 16.7 Å². The van der Waals surface area contributed by atoms with E-state index in [9.17, 15) is 14.0 Å². The molecule has 1 aliphatic carbocycles. The molecule has 2 aromatic heterocycles. The van der Waals surface area contributed by atoms with Gasteiger partial charge in [0.05, 0.1) is 25.0 Å². The van der Waals surface area contributed by atoms with Crippen molar-refractivity contribution in [1.29, 1.82) is 0 Å². The third-order valence-corrected chi connectivity index (χ3v) is 7.25. The lowest BCUT2D eigenvalue weighted by atomic mass is 9.92. The van der Waals surface area contributed by atoms with E-state index in [-0.39, 0.29) is 36.8 Å². The van der Waals surface area contributed by atoms with Gasteiger partial charge >= 0.3 is 0 Å². The number of carbonyl (C=O) groups is 2. The number of fused-ring (bicyclic) bond motifs is 1. The molecule has 5 rings (SSSR count). The number of hydrogen-bond acceptors (Lipinski definition) is 3. The van der Waals surface area contributed by atoms with Crippen LogP contribution in [-0.4, -0.2) is 32.9 Å². The van der Waals surface area contributed by atoms with Crippen LogP contribution in [0, 0.1) is 5.82 Å². The van der Waals surface area contributed by atoms with Crippen molar-refractivity contribution in [2.45, 2.75) is 70.1 Å². The molecule has 3 aromatic rings. The smallest absolute Gasteiger partial charge is 0.271 e. The van der Waals surface area contributed by atoms with Crippen LogP contribution >= 0.6 is 0 Å². The molecule has 7 heteroatoms. The number of benzene rings is 1. The van der Waals surface area contributed by atoms with Crippen LogP contribution in [0.2, 0.25) is 0 Å². The van der Waals surface area contributed by atoms with E-state index in [4.69, 9.17) is 4.42 Å². The minimum atomic E-state index is -1.20. The Kier molecular flexibility index (Phi) is 6.02. The second-order valence-corrected chi connectivity index (χ2v) is 9.59. The minimum absolute atomic E-state index is 0.0152. The summed E-state index contributed by atoms with van der Waals surface area (Å²) in [4.78, 5) is 29.1. The fourth-order valence-corrected chi connectivity index (χ4v) is 5.22. The van der Waals surface area contributed by atoms with Crippen LogP contribution in [0.1, 0.15) is 61.5 Å². The summed E-state index contributed by atoms with van der Waals surface area (Å²) in [7, 11) is 0. The monoisotopic (exact) mass is 463 g/mol. The van der Waals surface area contributed by atoms with Gasteiger partial charge in [-0.3, -0.25) is 9.59 Å². The van der Waals surface area contributed by atoms with Crippen LogP contribution < -0.4 is 5.32 Å². The van der Waals surface area contributed by atoms with E-state index >= 15 is 0 Å². The first-order valence-corrected chi connectivity index (χ1v) is 12.1. The Hall–Kier alpha value is -3.35. The molecule has 0 spiro atoms. The molecule has 2 aliphatic rings. The average Bonchev–Trinajstić information content (AvgIpc) is 3.42. The molecule has 2 amide bonds. The molecular weight excluding hydrogens is 433 g/mol. The Morgan fingerprint density at radius 1 is 1.06 bits per heavy atom. The second kappa shape index (κ2) is 9.12. The summed E-state index contributed by atoms with van der Waals surface area (Å²) in [5.74, 6) is -0.258. The maximum atomic E-state index is 14.6. The van der Waals surface area contributed by atoms with Gasteiger partial charge in [0.15, 0.2) is 0 Å². The molecule has 1 fully saturated rings. The first-order chi connectivity index (χ1) is 16.5. The number of carbonyl (C=O) groups excluding carboxylic acids is 2. The predicted octanol–water partition coefficient (Wildman–Crippen LogP) is 5.14. The molecular formula is C27H30FN3O3. The number of hydrogen-bond donors (Lipinski definition) is 1. The van der Waals surface area contributed by atoms with Crippen molar-refractivity contribution < 1.29 is 18.4 Å². The highest BCUT2D eigenvalue weighted by molar-refractivity contribution is 6.00. The summed E-state index contributed by atoms with van der Waals surface area (Å²) in [6.45, 7) is 2.05. The van der Waals surface area contributed by atoms with Gasteiger partial charge in [0, 0.05) is 11.6 Å². The third kappa shape index (κ3) is 4.04. The molecule has 3 heterocycles. The summed E-state index contributed by atoms with van der Waals surface area (Å²) < 4.78 is 22.0. The van der Waals surface area contributed by atoms with Crippen LogP contribution in [-0.2, 0) is 17.9 Å². The lowest BCUT2D eigenvalue weighted by molar-refractivity contribution is -0.134. The molecule has 0 unspecified atom stereocenters. The summed E-state index contributed by atoms with van der Waals surface area (Å²) in [6.07, 6.45) is 8.00. The number of furan rings is 1. The van der Waals surface area contributed by atoms with E-state index in [0.717, 1.165) is 31.4 Å². The van der Waals surface area contributed by atoms with Crippen LogP contribution in [0.3, 0.4) is 0 Å². The van der Waals surface area contributed by atoms with Crippen molar-refractivity contribution in [3.63, 3.8) is 0 Å². The van der Waals surface area contributed by atoms with Gasteiger partial charge in [0.2, 0.25) is 5.91 Å². The number of aromatic nitrogens is 1. The average molecular weight is 464 g/mol. The number of nitrogens with one attached hydrogen (secondary N) is 1. The Morgan fingerprint density at radius 3 is 2.50 bits per heavy atom. The van der Waals surface area contributed by atoms with Crippen LogP contribution in [0.15, 0.2) is 59.2 Å². The lowest BCUT2D eigenvalue weighted by Gasteiger charge is -2.45. The van der Waals surface area contributed by atoms with Crippen molar-refractivity contribution in [3.05, 3.63) is 71.9 Å². The van der Waals surface area contributed by atoms with Gasteiger partial charge in [-0.25, -0.2) is 4.39 Å². The first kappa shape index (κ1) is 22.4. The van der Waals surface area contributed by atoms with Gasteiger partial charge in [0.1, 0.15) is 22.8 Å². The third-order valence-electron chi connectivity index (χ3n) is 7.25. The Balaban J connectivity index is 1.53. The van der Waals surface area contributed by atoms with Gasteiger partial charge < -0.3 is 19.2 Å². The van der Waals surface area contributed by atoms with Crippen molar-refractivity contribution >= 4 is 11.8 Å². The summed E-state index contributed by atoms with van der Waals surface area (Å²) in [5.41, 5.74) is 0.393. The Morgan fingerprint density at radius 2 is 1.79 bits per heavy atom. The van der Waals surface area contributed by atoms with Gasteiger partial charge in [0.25, 0.3) is 5.91 Å². The Bertz CT molecular complexity index is 1180. The highest BCUT2D eigenvalue weighted by atomic mass is 19.1. The summed E-state index contributed by atoms with van der Waals surface area (Å²) in [6, 6.07) is 13.7. The standard InChI is InChI=1S/C27H30FN3O3/c1-27(26(33)29-20-10-4-2-3-5-11-20)18-30-22(24-13-8-16-34-24)14-15-23(30)25(32)31(27)17-19-9-6-7-12-21(19)28/h6-9,12-16,20H,2-5,10-11,17-18H2,1H3,(H,29,33)/t27-/m1/s1. The lowest BCUT2D eigenvalue weighted by Crippen LogP contribution is -2.64. The van der Waals surface area contributed by atoms with E-state index in [0.29, 0.717) is 17.0 Å². The molecule has 178 valence electrons. The molecule has 1 saturated carbocycles. The largest absolute Gasteiger partial charge is 0.463 e. The maximum absolute atomic E-state index is 14.6. The van der Waals surface area contributed by atoms with Crippen molar-refractivity contribution in [3.8, 4) is 11.5 Å². The molecule has 1 atom stereocenters.